The van der Waals surface area contributed by atoms with Gasteiger partial charge in [-0.3, -0.25) is 19.1 Å². The third-order valence-electron chi connectivity index (χ3n) is 6.38. The second-order valence-electron chi connectivity index (χ2n) is 8.68. The Labute approximate surface area is 198 Å². The Balaban J connectivity index is 1.46. The van der Waals surface area contributed by atoms with E-state index in [2.05, 4.69) is 9.88 Å². The van der Waals surface area contributed by atoms with E-state index >= 15 is 0 Å². The number of nitrogens with one attached hydrogen (secondary N) is 1. The monoisotopic (exact) mass is 465 g/mol. The van der Waals surface area contributed by atoms with Crippen LogP contribution in [0.15, 0.2) is 46.0 Å². The van der Waals surface area contributed by atoms with Crippen LogP contribution >= 0.6 is 0 Å². The number of methoxy groups -OCH3 is 1. The maximum absolute atomic E-state index is 13.0. The molecule has 2 heterocycles. The lowest BCUT2D eigenvalue weighted by atomic mass is 10.0. The van der Waals surface area contributed by atoms with Crippen LogP contribution in [0.5, 0.6) is 5.75 Å². The van der Waals surface area contributed by atoms with Crippen LogP contribution in [0.4, 0.5) is 0 Å². The molecule has 0 aliphatic carbocycles. The summed E-state index contributed by atoms with van der Waals surface area (Å²) in [6, 6.07) is 10.8. The summed E-state index contributed by atoms with van der Waals surface area (Å²) < 4.78 is 11.9. The SMILES string of the molecule is COc1cc(CCn2c(=O)[nH]c3cc(C(=O)CCCN4CCOCC4)ccc3c2=O)ccc1C. The molecule has 0 saturated carbocycles. The second-order valence-corrected chi connectivity index (χ2v) is 8.68. The number of carbonyl (C=O) groups is 1. The Morgan fingerprint density at radius 2 is 1.88 bits per heavy atom. The molecule has 1 aliphatic heterocycles. The Kier molecular flexibility index (Phi) is 7.59. The van der Waals surface area contributed by atoms with Crippen LogP contribution in [-0.4, -0.2) is 60.2 Å². The van der Waals surface area contributed by atoms with Crippen molar-refractivity contribution in [2.24, 2.45) is 0 Å². The number of ketones is 1. The fourth-order valence-corrected chi connectivity index (χ4v) is 4.32. The summed E-state index contributed by atoms with van der Waals surface area (Å²) in [5, 5.41) is 0.394. The van der Waals surface area contributed by atoms with E-state index < -0.39 is 5.69 Å². The molecule has 1 saturated heterocycles. The number of rotatable bonds is 9. The number of H-pyrrole nitrogens is 1. The van der Waals surface area contributed by atoms with Crippen molar-refractivity contribution < 1.29 is 14.3 Å². The number of aromatic amines is 1. The number of hydrogen-bond donors (Lipinski definition) is 1. The lowest BCUT2D eigenvalue weighted by molar-refractivity contribution is 0.0371. The van der Waals surface area contributed by atoms with E-state index in [1.165, 1.54) is 4.57 Å². The molecule has 0 unspecified atom stereocenters. The molecule has 1 fully saturated rings. The molecule has 1 aliphatic rings. The first-order valence-corrected chi connectivity index (χ1v) is 11.7. The summed E-state index contributed by atoms with van der Waals surface area (Å²) >= 11 is 0. The normalized spacial score (nSPS) is 14.4. The average molecular weight is 466 g/mol. The van der Waals surface area contributed by atoms with Gasteiger partial charge in [0, 0.05) is 31.6 Å². The number of benzene rings is 2. The predicted octanol–water partition coefficient (Wildman–Crippen LogP) is 2.54. The highest BCUT2D eigenvalue weighted by molar-refractivity contribution is 5.99. The average Bonchev–Trinajstić information content (AvgIpc) is 2.85. The number of aryl methyl sites for hydroxylation is 2. The van der Waals surface area contributed by atoms with Crippen molar-refractivity contribution in [2.45, 2.75) is 32.7 Å². The molecule has 180 valence electrons. The number of hydrogen-bond acceptors (Lipinski definition) is 6. The maximum atomic E-state index is 13.0. The molecular weight excluding hydrogens is 434 g/mol. The molecule has 8 heteroatoms. The summed E-state index contributed by atoms with van der Waals surface area (Å²) in [6.45, 7) is 6.34. The van der Waals surface area contributed by atoms with Crippen LogP contribution in [0.25, 0.3) is 10.9 Å². The molecular formula is C26H31N3O5. The molecule has 1 aromatic heterocycles. The Bertz CT molecular complexity index is 1290. The number of carbonyl (C=O) groups excluding carboxylic acids is 1. The van der Waals surface area contributed by atoms with Gasteiger partial charge in [0.15, 0.2) is 5.78 Å². The molecule has 0 bridgehead atoms. The van der Waals surface area contributed by atoms with Gasteiger partial charge in [-0.05, 0) is 55.6 Å². The summed E-state index contributed by atoms with van der Waals surface area (Å²) in [6.07, 6.45) is 1.70. The zero-order chi connectivity index (χ0) is 24.1. The van der Waals surface area contributed by atoms with Gasteiger partial charge in [-0.25, -0.2) is 4.79 Å². The zero-order valence-corrected chi connectivity index (χ0v) is 19.8. The number of fused-ring (bicyclic) bond motifs is 1. The van der Waals surface area contributed by atoms with E-state index in [9.17, 15) is 14.4 Å². The molecule has 8 nitrogen and oxygen atoms in total. The van der Waals surface area contributed by atoms with E-state index in [1.54, 1.807) is 25.3 Å². The Hall–Kier alpha value is -3.23. The van der Waals surface area contributed by atoms with Crippen molar-refractivity contribution in [2.75, 3.05) is 40.0 Å². The lowest BCUT2D eigenvalue weighted by Gasteiger charge is -2.26. The molecule has 0 spiro atoms. The van der Waals surface area contributed by atoms with Gasteiger partial charge < -0.3 is 14.5 Å². The summed E-state index contributed by atoms with van der Waals surface area (Å²) in [4.78, 5) is 43.4. The van der Waals surface area contributed by atoms with E-state index in [4.69, 9.17) is 9.47 Å². The standard InChI is InChI=1S/C26H31N3O5/c1-18-5-6-19(16-24(18)33-2)9-11-29-25(31)21-8-7-20(17-22(21)27-26(29)32)23(30)4-3-10-28-12-14-34-15-13-28/h5-8,16-17H,3-4,9-15H2,1-2H3,(H,27,32). The number of morpholine rings is 1. The van der Waals surface area contributed by atoms with E-state index in [0.29, 0.717) is 29.3 Å². The molecule has 2 aromatic carbocycles. The first-order chi connectivity index (χ1) is 16.5. The number of Topliss-reactive ketones (excluding diaryl/α,β-unsaturated/α-hetero) is 1. The second kappa shape index (κ2) is 10.8. The molecule has 3 aromatic rings. The fraction of sp³-hybridized carbons (Fsp3) is 0.423. The van der Waals surface area contributed by atoms with E-state index in [-0.39, 0.29) is 17.9 Å². The summed E-state index contributed by atoms with van der Waals surface area (Å²) in [5.41, 5.74) is 2.07. The lowest BCUT2D eigenvalue weighted by Crippen LogP contribution is -2.37. The van der Waals surface area contributed by atoms with Gasteiger partial charge in [-0.1, -0.05) is 18.2 Å². The van der Waals surface area contributed by atoms with Crippen molar-refractivity contribution in [1.29, 1.82) is 0 Å². The van der Waals surface area contributed by atoms with Crippen molar-refractivity contribution in [3.63, 3.8) is 0 Å². The molecule has 4 rings (SSSR count). The quantitative estimate of drug-likeness (QED) is 0.488. The largest absolute Gasteiger partial charge is 0.496 e. The minimum atomic E-state index is -0.478. The van der Waals surface area contributed by atoms with E-state index in [0.717, 1.165) is 56.1 Å². The highest BCUT2D eigenvalue weighted by Crippen LogP contribution is 2.19. The molecule has 0 atom stereocenters. The van der Waals surface area contributed by atoms with Gasteiger partial charge >= 0.3 is 5.69 Å². The number of ether oxygens (including phenoxy) is 2. The smallest absolute Gasteiger partial charge is 0.328 e. The van der Waals surface area contributed by atoms with Gasteiger partial charge in [0.25, 0.3) is 5.56 Å². The summed E-state index contributed by atoms with van der Waals surface area (Å²) in [5.74, 6) is 0.785. The van der Waals surface area contributed by atoms with Crippen LogP contribution in [0.2, 0.25) is 0 Å². The third-order valence-corrected chi connectivity index (χ3v) is 6.38. The third kappa shape index (κ3) is 5.46. The molecule has 1 N–H and O–H groups in total. The first kappa shape index (κ1) is 23.9. The minimum absolute atomic E-state index is 0.00788. The van der Waals surface area contributed by atoms with Crippen molar-refractivity contribution in [1.82, 2.24) is 14.5 Å². The van der Waals surface area contributed by atoms with Gasteiger partial charge in [0.1, 0.15) is 5.75 Å². The fourth-order valence-electron chi connectivity index (χ4n) is 4.32. The topological polar surface area (TPSA) is 93.6 Å². The Morgan fingerprint density at radius 3 is 2.65 bits per heavy atom. The van der Waals surface area contributed by atoms with Crippen LogP contribution in [0.3, 0.4) is 0 Å². The molecule has 34 heavy (non-hydrogen) atoms. The van der Waals surface area contributed by atoms with Crippen molar-refractivity contribution in [3.05, 3.63) is 73.9 Å². The van der Waals surface area contributed by atoms with Gasteiger partial charge in [-0.2, -0.15) is 0 Å². The van der Waals surface area contributed by atoms with Crippen LogP contribution in [-0.2, 0) is 17.7 Å². The highest BCUT2D eigenvalue weighted by Gasteiger charge is 2.14. The van der Waals surface area contributed by atoms with Crippen LogP contribution < -0.4 is 16.0 Å². The minimum Gasteiger partial charge on any atom is -0.496 e. The number of nitrogens with zero attached hydrogens (tertiary/aromatic N) is 2. The van der Waals surface area contributed by atoms with Crippen molar-refractivity contribution >= 4 is 16.7 Å². The predicted molar refractivity (Wildman–Crippen MR) is 131 cm³/mol. The van der Waals surface area contributed by atoms with Crippen LogP contribution in [0, 0.1) is 6.92 Å². The van der Waals surface area contributed by atoms with E-state index in [1.807, 2.05) is 25.1 Å². The van der Waals surface area contributed by atoms with Gasteiger partial charge in [0.2, 0.25) is 0 Å². The number of aromatic nitrogens is 2. The Morgan fingerprint density at radius 1 is 1.09 bits per heavy atom. The first-order valence-electron chi connectivity index (χ1n) is 11.7. The summed E-state index contributed by atoms with van der Waals surface area (Å²) in [7, 11) is 1.62. The van der Waals surface area contributed by atoms with Crippen LogP contribution in [0.1, 0.15) is 34.3 Å². The van der Waals surface area contributed by atoms with Gasteiger partial charge in [-0.15, -0.1) is 0 Å². The maximum Gasteiger partial charge on any atom is 0.328 e. The van der Waals surface area contributed by atoms with Crippen molar-refractivity contribution in [3.8, 4) is 5.75 Å². The molecule has 0 amide bonds. The van der Waals surface area contributed by atoms with Gasteiger partial charge in [0.05, 0.1) is 31.2 Å². The zero-order valence-electron chi connectivity index (χ0n) is 19.8. The highest BCUT2D eigenvalue weighted by atomic mass is 16.5. The molecule has 0 radical (unpaired) electrons.